The molecule has 4 aliphatic rings. The number of piperidine rings is 1. The second kappa shape index (κ2) is 5.96. The number of carbonyl (C=O) groups excluding carboxylic acids is 1. The molecule has 6 heteroatoms. The molecule has 5 rings (SSSR count). The molecule has 1 aromatic rings. The first kappa shape index (κ1) is 18.0. The van der Waals surface area contributed by atoms with Gasteiger partial charge in [-0.1, -0.05) is 25.2 Å². The molecule has 3 atom stereocenters. The van der Waals surface area contributed by atoms with Crippen LogP contribution in [-0.4, -0.2) is 42.7 Å². The Bertz CT molecular complexity index is 926. The van der Waals surface area contributed by atoms with Crippen LogP contribution in [0.1, 0.15) is 44.6 Å². The van der Waals surface area contributed by atoms with Crippen LogP contribution in [0.4, 0.5) is 5.69 Å². The number of carbonyl (C=O) groups is 1. The number of benzene rings is 1. The molecule has 2 fully saturated rings. The molecule has 0 aromatic heterocycles. The average molecular weight is 399 g/mol. The second-order valence-electron chi connectivity index (χ2n) is 8.49. The number of methoxy groups -OCH3 is 2. The third-order valence-corrected chi connectivity index (χ3v) is 8.08. The van der Waals surface area contributed by atoms with Crippen LogP contribution in [0.5, 0.6) is 5.75 Å². The number of thiocarbonyl (C=S) groups is 1. The molecule has 1 aliphatic carbocycles. The fraction of sp³-hybridized carbons (Fsp3) is 0.545. The summed E-state index contributed by atoms with van der Waals surface area (Å²) in [7, 11) is 3.16. The van der Waals surface area contributed by atoms with Gasteiger partial charge in [-0.3, -0.25) is 0 Å². The summed E-state index contributed by atoms with van der Waals surface area (Å²) >= 11 is 5.80. The van der Waals surface area contributed by atoms with Crippen molar-refractivity contribution in [1.29, 1.82) is 0 Å². The van der Waals surface area contributed by atoms with Crippen molar-refractivity contribution in [2.75, 3.05) is 26.1 Å². The van der Waals surface area contributed by atoms with Crippen molar-refractivity contribution >= 4 is 28.9 Å². The van der Waals surface area contributed by atoms with E-state index >= 15 is 0 Å². The summed E-state index contributed by atoms with van der Waals surface area (Å²) in [5, 5.41) is 3.61. The molecule has 0 amide bonds. The van der Waals surface area contributed by atoms with E-state index in [1.54, 1.807) is 7.11 Å². The highest BCUT2D eigenvalue weighted by Gasteiger charge is 2.66. The maximum Gasteiger partial charge on any atom is 0.335 e. The molecular formula is C22H26N2O3S. The van der Waals surface area contributed by atoms with E-state index in [0.717, 1.165) is 66.3 Å². The van der Waals surface area contributed by atoms with Gasteiger partial charge in [0, 0.05) is 24.0 Å². The lowest BCUT2D eigenvalue weighted by atomic mass is 9.53. The van der Waals surface area contributed by atoms with Crippen molar-refractivity contribution in [1.82, 2.24) is 4.90 Å². The van der Waals surface area contributed by atoms with Gasteiger partial charge < -0.3 is 19.7 Å². The molecule has 2 saturated heterocycles. The fourth-order valence-electron chi connectivity index (χ4n) is 6.42. The van der Waals surface area contributed by atoms with Crippen LogP contribution in [0.25, 0.3) is 0 Å². The zero-order valence-electron chi connectivity index (χ0n) is 16.6. The van der Waals surface area contributed by atoms with E-state index in [9.17, 15) is 4.79 Å². The molecule has 1 unspecified atom stereocenters. The molecule has 0 radical (unpaired) electrons. The van der Waals surface area contributed by atoms with Crippen LogP contribution in [0.2, 0.25) is 0 Å². The van der Waals surface area contributed by atoms with Gasteiger partial charge >= 0.3 is 5.97 Å². The van der Waals surface area contributed by atoms with E-state index in [0.29, 0.717) is 0 Å². The molecule has 1 aromatic carbocycles. The highest BCUT2D eigenvalue weighted by molar-refractivity contribution is 7.80. The Hall–Kier alpha value is -2.08. The lowest BCUT2D eigenvalue weighted by Crippen LogP contribution is -2.61. The molecule has 148 valence electrons. The van der Waals surface area contributed by atoms with Crippen LogP contribution >= 0.6 is 12.2 Å². The molecule has 5 nitrogen and oxygen atoms in total. The van der Waals surface area contributed by atoms with Gasteiger partial charge in [-0.2, -0.15) is 0 Å². The van der Waals surface area contributed by atoms with E-state index in [-0.39, 0.29) is 22.8 Å². The van der Waals surface area contributed by atoms with Gasteiger partial charge in [0.15, 0.2) is 0 Å². The average Bonchev–Trinajstić information content (AvgIpc) is 3.29. The Labute approximate surface area is 171 Å². The molecule has 0 saturated carbocycles. The first-order valence-corrected chi connectivity index (χ1v) is 10.5. The van der Waals surface area contributed by atoms with Gasteiger partial charge in [0.05, 0.1) is 36.2 Å². The molecule has 3 aliphatic heterocycles. The number of nitrogens with one attached hydrogen (secondary N) is 1. The predicted molar refractivity (Wildman–Crippen MR) is 112 cm³/mol. The number of ether oxygens (including phenoxy) is 2. The Balaban J connectivity index is 1.80. The number of esters is 1. The van der Waals surface area contributed by atoms with Gasteiger partial charge in [0.1, 0.15) is 5.75 Å². The lowest BCUT2D eigenvalue weighted by Gasteiger charge is -2.56. The van der Waals surface area contributed by atoms with Crippen LogP contribution in [0, 0.1) is 5.41 Å². The van der Waals surface area contributed by atoms with Crippen molar-refractivity contribution in [3.05, 3.63) is 35.0 Å². The zero-order valence-corrected chi connectivity index (χ0v) is 17.4. The first-order valence-electron chi connectivity index (χ1n) is 10.1. The standard InChI is InChI=1S/C22H26N2O3S/c1-4-21-8-7-17(28)24-10-9-22(20(21)24)15-6-5-13(26-2)11-16(15)23-18(22)14(12-21)19(25)27-3/h5-6,11,20,23H,4,7-10,12H2,1-3H3/t20-,21-,22?/m0/s1. The number of fused-ring (bicyclic) bond motifs is 1. The normalized spacial score (nSPS) is 32.5. The Morgan fingerprint density at radius 3 is 2.89 bits per heavy atom. The van der Waals surface area contributed by atoms with Crippen molar-refractivity contribution in [3.8, 4) is 5.75 Å². The number of nitrogens with zero attached hydrogens (tertiary/aromatic N) is 1. The molecule has 28 heavy (non-hydrogen) atoms. The topological polar surface area (TPSA) is 50.8 Å². The predicted octanol–water partition coefficient (Wildman–Crippen LogP) is 3.78. The maximum absolute atomic E-state index is 12.9. The minimum atomic E-state index is -0.232. The summed E-state index contributed by atoms with van der Waals surface area (Å²) in [5.74, 6) is 0.608. The summed E-state index contributed by atoms with van der Waals surface area (Å²) in [6.07, 6.45) is 4.70. The van der Waals surface area contributed by atoms with E-state index < -0.39 is 0 Å². The fourth-order valence-corrected chi connectivity index (χ4v) is 6.72. The molecule has 0 bridgehead atoms. The van der Waals surface area contributed by atoms with Gasteiger partial charge in [-0.25, -0.2) is 4.79 Å². The van der Waals surface area contributed by atoms with Gasteiger partial charge in [-0.15, -0.1) is 0 Å². The van der Waals surface area contributed by atoms with Crippen molar-refractivity contribution < 1.29 is 14.3 Å². The molecular weight excluding hydrogens is 372 g/mol. The molecule has 3 heterocycles. The van der Waals surface area contributed by atoms with Crippen LogP contribution in [0.3, 0.4) is 0 Å². The summed E-state index contributed by atoms with van der Waals surface area (Å²) < 4.78 is 10.7. The quantitative estimate of drug-likeness (QED) is 0.618. The van der Waals surface area contributed by atoms with Crippen LogP contribution < -0.4 is 10.1 Å². The molecule has 1 spiro atoms. The Morgan fingerprint density at radius 1 is 1.36 bits per heavy atom. The monoisotopic (exact) mass is 398 g/mol. The van der Waals surface area contributed by atoms with Crippen molar-refractivity contribution in [3.63, 3.8) is 0 Å². The minimum absolute atomic E-state index is 0.0368. The van der Waals surface area contributed by atoms with Crippen LogP contribution in [-0.2, 0) is 14.9 Å². The number of hydrogen-bond donors (Lipinski definition) is 1. The van der Waals surface area contributed by atoms with Gasteiger partial charge in [0.25, 0.3) is 0 Å². The Morgan fingerprint density at radius 2 is 2.18 bits per heavy atom. The summed E-state index contributed by atoms with van der Waals surface area (Å²) in [6.45, 7) is 3.20. The number of hydrogen-bond acceptors (Lipinski definition) is 5. The van der Waals surface area contributed by atoms with E-state index in [1.165, 1.54) is 12.7 Å². The summed E-state index contributed by atoms with van der Waals surface area (Å²) in [6, 6.07) is 6.54. The lowest BCUT2D eigenvalue weighted by molar-refractivity contribution is -0.137. The highest BCUT2D eigenvalue weighted by Crippen LogP contribution is 2.65. The largest absolute Gasteiger partial charge is 0.497 e. The number of rotatable bonds is 3. The van der Waals surface area contributed by atoms with Gasteiger partial charge in [0.2, 0.25) is 0 Å². The van der Waals surface area contributed by atoms with E-state index in [2.05, 4.69) is 23.2 Å². The summed E-state index contributed by atoms with van der Waals surface area (Å²) in [5.41, 5.74) is 3.95. The third kappa shape index (κ3) is 2.02. The third-order valence-electron chi connectivity index (χ3n) is 7.64. The minimum Gasteiger partial charge on any atom is -0.497 e. The smallest absolute Gasteiger partial charge is 0.335 e. The van der Waals surface area contributed by atoms with E-state index in [4.69, 9.17) is 21.7 Å². The first-order chi connectivity index (χ1) is 13.5. The SMILES string of the molecule is CC[C@]12CCC(=S)N3CCC4(C(=C(C(=O)OC)C1)Nc1cc(OC)ccc14)[C@@H]32. The van der Waals surface area contributed by atoms with E-state index in [1.807, 2.05) is 12.1 Å². The zero-order chi connectivity index (χ0) is 19.7. The highest BCUT2D eigenvalue weighted by atomic mass is 32.1. The number of anilines is 1. The molecule has 1 N–H and O–H groups in total. The van der Waals surface area contributed by atoms with Crippen LogP contribution in [0.15, 0.2) is 29.5 Å². The van der Waals surface area contributed by atoms with Gasteiger partial charge in [-0.05, 0) is 49.1 Å². The second-order valence-corrected chi connectivity index (χ2v) is 8.96. The van der Waals surface area contributed by atoms with Crippen molar-refractivity contribution in [2.45, 2.75) is 50.5 Å². The van der Waals surface area contributed by atoms with Crippen molar-refractivity contribution in [2.24, 2.45) is 5.41 Å². The Kier molecular flexibility index (Phi) is 3.83. The maximum atomic E-state index is 12.9. The summed E-state index contributed by atoms with van der Waals surface area (Å²) in [4.78, 5) is 16.4.